The molecule has 0 spiro atoms. The van der Waals surface area contributed by atoms with E-state index in [1.807, 2.05) is 6.92 Å². The van der Waals surface area contributed by atoms with Crippen LogP contribution >= 0.6 is 0 Å². The molecule has 1 fully saturated rings. The Labute approximate surface area is 122 Å². The van der Waals surface area contributed by atoms with Crippen molar-refractivity contribution in [2.24, 2.45) is 5.92 Å². The molecule has 0 aromatic rings. The minimum Gasteiger partial charge on any atom is -0.345 e. The first-order valence-corrected chi connectivity index (χ1v) is 7.81. The van der Waals surface area contributed by atoms with Gasteiger partial charge in [-0.1, -0.05) is 26.7 Å². The summed E-state index contributed by atoms with van der Waals surface area (Å²) in [6.45, 7) is 9.32. The molecule has 1 saturated heterocycles. The molecule has 5 nitrogen and oxygen atoms in total. The third-order valence-electron chi connectivity index (χ3n) is 3.62. The van der Waals surface area contributed by atoms with Crippen molar-refractivity contribution in [1.29, 1.82) is 0 Å². The number of rotatable bonds is 5. The lowest BCUT2D eigenvalue weighted by molar-refractivity contribution is -0.146. The second kappa shape index (κ2) is 8.95. The lowest BCUT2D eigenvalue weighted by Gasteiger charge is -2.21. The van der Waals surface area contributed by atoms with Gasteiger partial charge in [-0.2, -0.15) is 0 Å². The predicted octanol–water partition coefficient (Wildman–Crippen LogP) is 1.14. The van der Waals surface area contributed by atoms with Gasteiger partial charge in [-0.05, 0) is 32.2 Å². The van der Waals surface area contributed by atoms with Crippen molar-refractivity contribution < 1.29 is 9.59 Å². The Kier molecular flexibility index (Phi) is 7.59. The molecule has 0 radical (unpaired) electrons. The van der Waals surface area contributed by atoms with Gasteiger partial charge in [0.15, 0.2) is 0 Å². The molecule has 0 saturated carbocycles. The first-order chi connectivity index (χ1) is 9.50. The van der Waals surface area contributed by atoms with E-state index in [1.165, 1.54) is 0 Å². The summed E-state index contributed by atoms with van der Waals surface area (Å²) in [6, 6.07) is 0.0651. The number of carbonyl (C=O) groups is 2. The predicted molar refractivity (Wildman–Crippen MR) is 80.4 cm³/mol. The largest absolute Gasteiger partial charge is 0.345 e. The number of amides is 2. The molecule has 116 valence electrons. The van der Waals surface area contributed by atoms with Gasteiger partial charge in [-0.3, -0.25) is 9.59 Å². The molecular weight excluding hydrogens is 254 g/mol. The van der Waals surface area contributed by atoms with E-state index in [9.17, 15) is 9.59 Å². The maximum absolute atomic E-state index is 12.1. The van der Waals surface area contributed by atoms with Crippen molar-refractivity contribution in [2.45, 2.75) is 52.5 Å². The van der Waals surface area contributed by atoms with Crippen LogP contribution in [-0.4, -0.2) is 48.9 Å². The molecule has 2 N–H and O–H groups in total. The number of carbonyl (C=O) groups excluding carboxylic acids is 2. The van der Waals surface area contributed by atoms with Gasteiger partial charge in [-0.25, -0.2) is 0 Å². The molecule has 0 aromatic carbocycles. The number of nitrogens with one attached hydrogen (secondary N) is 2. The SMILES string of the molecule is CC(C)CCCC(C)NC(=O)C(=O)N1CCCNCC1. The number of hydrogen-bond acceptors (Lipinski definition) is 3. The van der Waals surface area contributed by atoms with Crippen molar-refractivity contribution in [3.63, 3.8) is 0 Å². The van der Waals surface area contributed by atoms with Crippen LogP contribution < -0.4 is 10.6 Å². The van der Waals surface area contributed by atoms with Crippen LogP contribution in [0, 0.1) is 5.92 Å². The van der Waals surface area contributed by atoms with E-state index in [-0.39, 0.29) is 11.9 Å². The van der Waals surface area contributed by atoms with Crippen molar-refractivity contribution in [1.82, 2.24) is 15.5 Å². The summed E-state index contributed by atoms with van der Waals surface area (Å²) >= 11 is 0. The summed E-state index contributed by atoms with van der Waals surface area (Å²) in [5.41, 5.74) is 0. The monoisotopic (exact) mass is 283 g/mol. The van der Waals surface area contributed by atoms with Crippen molar-refractivity contribution >= 4 is 11.8 Å². The van der Waals surface area contributed by atoms with E-state index < -0.39 is 5.91 Å². The normalized spacial score (nSPS) is 17.7. The second-order valence-corrected chi connectivity index (χ2v) is 6.10. The molecule has 1 aliphatic heterocycles. The maximum Gasteiger partial charge on any atom is 0.311 e. The smallest absolute Gasteiger partial charge is 0.311 e. The fourth-order valence-corrected chi connectivity index (χ4v) is 2.38. The van der Waals surface area contributed by atoms with Crippen LogP contribution in [0.15, 0.2) is 0 Å². The fraction of sp³-hybridized carbons (Fsp3) is 0.867. The van der Waals surface area contributed by atoms with Gasteiger partial charge in [0.1, 0.15) is 0 Å². The third-order valence-corrected chi connectivity index (χ3v) is 3.62. The van der Waals surface area contributed by atoms with Crippen LogP contribution in [0.5, 0.6) is 0 Å². The minimum atomic E-state index is -0.455. The lowest BCUT2D eigenvalue weighted by atomic mass is 10.0. The molecule has 0 aliphatic carbocycles. The van der Waals surface area contributed by atoms with Gasteiger partial charge in [0.25, 0.3) is 0 Å². The Bertz CT molecular complexity index is 310. The molecular formula is C15H29N3O2. The van der Waals surface area contributed by atoms with Crippen molar-refractivity contribution in [3.8, 4) is 0 Å². The Hall–Kier alpha value is -1.10. The Morgan fingerprint density at radius 1 is 1.15 bits per heavy atom. The summed E-state index contributed by atoms with van der Waals surface area (Å²) in [4.78, 5) is 25.6. The zero-order valence-electron chi connectivity index (χ0n) is 13.1. The van der Waals surface area contributed by atoms with Crippen LogP contribution in [0.25, 0.3) is 0 Å². The first-order valence-electron chi connectivity index (χ1n) is 7.81. The molecule has 1 rings (SSSR count). The highest BCUT2D eigenvalue weighted by Gasteiger charge is 2.23. The van der Waals surface area contributed by atoms with Gasteiger partial charge in [0.2, 0.25) is 0 Å². The van der Waals surface area contributed by atoms with Gasteiger partial charge in [0, 0.05) is 25.7 Å². The van der Waals surface area contributed by atoms with Crippen molar-refractivity contribution in [2.75, 3.05) is 26.2 Å². The van der Waals surface area contributed by atoms with Crippen LogP contribution in [0.2, 0.25) is 0 Å². The zero-order chi connectivity index (χ0) is 15.0. The maximum atomic E-state index is 12.1. The van der Waals surface area contributed by atoms with Crippen LogP contribution in [0.1, 0.15) is 46.5 Å². The van der Waals surface area contributed by atoms with E-state index >= 15 is 0 Å². The number of nitrogens with zero attached hydrogens (tertiary/aromatic N) is 1. The summed E-state index contributed by atoms with van der Waals surface area (Å²) in [7, 11) is 0. The highest BCUT2D eigenvalue weighted by Crippen LogP contribution is 2.08. The second-order valence-electron chi connectivity index (χ2n) is 6.10. The van der Waals surface area contributed by atoms with Gasteiger partial charge >= 0.3 is 11.8 Å². The lowest BCUT2D eigenvalue weighted by Crippen LogP contribution is -2.46. The van der Waals surface area contributed by atoms with Crippen LogP contribution in [-0.2, 0) is 9.59 Å². The zero-order valence-corrected chi connectivity index (χ0v) is 13.1. The summed E-state index contributed by atoms with van der Waals surface area (Å²) in [6.07, 6.45) is 4.08. The minimum absolute atomic E-state index is 0.0651. The quantitative estimate of drug-likeness (QED) is 0.744. The van der Waals surface area contributed by atoms with Gasteiger partial charge in [0.05, 0.1) is 0 Å². The summed E-state index contributed by atoms with van der Waals surface area (Å²) < 4.78 is 0. The van der Waals surface area contributed by atoms with Crippen molar-refractivity contribution in [3.05, 3.63) is 0 Å². The summed E-state index contributed by atoms with van der Waals surface area (Å²) in [5, 5.41) is 6.05. The van der Waals surface area contributed by atoms with Gasteiger partial charge < -0.3 is 15.5 Å². The molecule has 1 aliphatic rings. The van der Waals surface area contributed by atoms with E-state index in [4.69, 9.17) is 0 Å². The first kappa shape index (κ1) is 17.0. The third kappa shape index (κ3) is 6.37. The average molecular weight is 283 g/mol. The topological polar surface area (TPSA) is 61.4 Å². The van der Waals surface area contributed by atoms with Gasteiger partial charge in [-0.15, -0.1) is 0 Å². The van der Waals surface area contributed by atoms with Crippen LogP contribution in [0.4, 0.5) is 0 Å². The van der Waals surface area contributed by atoms with E-state index in [2.05, 4.69) is 24.5 Å². The van der Waals surface area contributed by atoms with E-state index in [1.54, 1.807) is 4.90 Å². The molecule has 2 amide bonds. The molecule has 0 aromatic heterocycles. The fourth-order valence-electron chi connectivity index (χ4n) is 2.38. The van der Waals surface area contributed by atoms with E-state index in [0.29, 0.717) is 19.0 Å². The molecule has 1 unspecified atom stereocenters. The molecule has 0 bridgehead atoms. The highest BCUT2D eigenvalue weighted by atomic mass is 16.2. The molecule has 1 heterocycles. The standard InChI is InChI=1S/C15H29N3O2/c1-12(2)6-4-7-13(3)17-14(19)15(20)18-10-5-8-16-9-11-18/h12-13,16H,4-11H2,1-3H3,(H,17,19). The number of hydrogen-bond donors (Lipinski definition) is 2. The summed E-state index contributed by atoms with van der Waals surface area (Å²) in [5.74, 6) is -0.155. The Morgan fingerprint density at radius 3 is 2.60 bits per heavy atom. The highest BCUT2D eigenvalue weighted by molar-refractivity contribution is 6.35. The Morgan fingerprint density at radius 2 is 1.90 bits per heavy atom. The molecule has 20 heavy (non-hydrogen) atoms. The molecule has 1 atom stereocenters. The van der Waals surface area contributed by atoms with E-state index in [0.717, 1.165) is 38.8 Å². The average Bonchev–Trinajstić information content (AvgIpc) is 2.66. The Balaban J connectivity index is 2.31. The van der Waals surface area contributed by atoms with Crippen LogP contribution in [0.3, 0.4) is 0 Å². The molecule has 5 heteroatoms.